The van der Waals surface area contributed by atoms with Crippen LogP contribution >= 0.6 is 0 Å². The van der Waals surface area contributed by atoms with E-state index in [0.29, 0.717) is 13.2 Å². The molecule has 0 aliphatic carbocycles. The van der Waals surface area contributed by atoms with Crippen LogP contribution in [0.1, 0.15) is 40.2 Å². The van der Waals surface area contributed by atoms with Gasteiger partial charge >= 0.3 is 0 Å². The maximum absolute atomic E-state index is 10.6. The molecule has 0 radical (unpaired) electrons. The average Bonchev–Trinajstić information content (AvgIpc) is 2.58. The second-order valence-electron chi connectivity index (χ2n) is 8.93. The predicted molar refractivity (Wildman–Crippen MR) is 110 cm³/mol. The van der Waals surface area contributed by atoms with Gasteiger partial charge in [0.05, 0.1) is 25.4 Å². The zero-order chi connectivity index (χ0) is 20.0. The molecule has 0 unspecified atom stereocenters. The fraction of sp³-hybridized carbons (Fsp3) is 0.714. The minimum atomic E-state index is -2.00. The molecule has 1 aromatic rings. The molecule has 1 aromatic carbocycles. The van der Waals surface area contributed by atoms with Gasteiger partial charge in [0, 0.05) is 18.4 Å². The molecule has 4 atom stereocenters. The van der Waals surface area contributed by atoms with E-state index >= 15 is 0 Å². The molecule has 150 valence electrons. The first-order chi connectivity index (χ1) is 12.0. The van der Waals surface area contributed by atoms with E-state index in [2.05, 4.69) is 33.9 Å². The van der Waals surface area contributed by atoms with Gasteiger partial charge < -0.3 is 19.4 Å². The lowest BCUT2D eigenvalue weighted by molar-refractivity contribution is -0.0503. The van der Waals surface area contributed by atoms with Gasteiger partial charge in [-0.25, -0.2) is 0 Å². The highest BCUT2D eigenvalue weighted by Gasteiger charge is 2.41. The molecular formula is C21H38O4Si. The van der Waals surface area contributed by atoms with Crippen LogP contribution in [-0.2, 0) is 15.8 Å². The summed E-state index contributed by atoms with van der Waals surface area (Å²) >= 11 is 0. The van der Waals surface area contributed by atoms with E-state index in [1.807, 2.05) is 44.2 Å². The number of benzene rings is 1. The lowest BCUT2D eigenvalue weighted by Gasteiger charge is -2.42. The molecule has 5 heteroatoms. The van der Waals surface area contributed by atoms with Gasteiger partial charge in [0.15, 0.2) is 8.32 Å². The van der Waals surface area contributed by atoms with Crippen molar-refractivity contribution in [2.75, 3.05) is 13.2 Å². The zero-order valence-corrected chi connectivity index (χ0v) is 18.5. The van der Waals surface area contributed by atoms with E-state index in [4.69, 9.17) is 9.16 Å². The van der Waals surface area contributed by atoms with Gasteiger partial charge in [-0.3, -0.25) is 0 Å². The Kier molecular flexibility index (Phi) is 8.96. The molecule has 1 rings (SSSR count). The van der Waals surface area contributed by atoms with Crippen molar-refractivity contribution in [2.24, 2.45) is 11.8 Å². The molecule has 0 amide bonds. The van der Waals surface area contributed by atoms with Crippen LogP contribution < -0.4 is 0 Å². The maximum Gasteiger partial charge on any atom is 0.192 e. The summed E-state index contributed by atoms with van der Waals surface area (Å²) in [6.07, 6.45) is -0.835. The Labute approximate surface area is 160 Å². The van der Waals surface area contributed by atoms with Crippen molar-refractivity contribution >= 4 is 8.32 Å². The smallest absolute Gasteiger partial charge is 0.192 e. The van der Waals surface area contributed by atoms with E-state index in [1.54, 1.807) is 0 Å². The van der Waals surface area contributed by atoms with Gasteiger partial charge in [-0.15, -0.1) is 0 Å². The van der Waals surface area contributed by atoms with Crippen LogP contribution in [0.15, 0.2) is 30.3 Å². The quantitative estimate of drug-likeness (QED) is 0.595. The third kappa shape index (κ3) is 6.78. The molecule has 0 fully saturated rings. The molecule has 0 heterocycles. The molecule has 0 aromatic heterocycles. The summed E-state index contributed by atoms with van der Waals surface area (Å²) < 4.78 is 12.5. The van der Waals surface area contributed by atoms with Crippen LogP contribution in [0.4, 0.5) is 0 Å². The Morgan fingerprint density at radius 1 is 1.08 bits per heavy atom. The largest absolute Gasteiger partial charge is 0.411 e. The van der Waals surface area contributed by atoms with Gasteiger partial charge in [-0.05, 0) is 23.7 Å². The van der Waals surface area contributed by atoms with Crippen molar-refractivity contribution in [1.29, 1.82) is 0 Å². The molecule has 2 N–H and O–H groups in total. The second-order valence-corrected chi connectivity index (χ2v) is 13.7. The summed E-state index contributed by atoms with van der Waals surface area (Å²) in [5, 5.41) is 20.1. The second kappa shape index (κ2) is 9.99. The van der Waals surface area contributed by atoms with Crippen LogP contribution in [0, 0.1) is 11.8 Å². The normalized spacial score (nSPS) is 17.6. The van der Waals surface area contributed by atoms with E-state index in [9.17, 15) is 10.2 Å². The molecule has 26 heavy (non-hydrogen) atoms. The summed E-state index contributed by atoms with van der Waals surface area (Å²) in [6, 6.07) is 10.1. The topological polar surface area (TPSA) is 58.9 Å². The van der Waals surface area contributed by atoms with Gasteiger partial charge in [0.1, 0.15) is 0 Å². The predicted octanol–water partition coefficient (Wildman–Crippen LogP) is 4.22. The number of aliphatic hydroxyl groups excluding tert-OH is 2. The third-order valence-electron chi connectivity index (χ3n) is 5.64. The lowest BCUT2D eigenvalue weighted by Crippen LogP contribution is -2.49. The first-order valence-corrected chi connectivity index (χ1v) is 12.5. The molecule has 4 nitrogen and oxygen atoms in total. The van der Waals surface area contributed by atoms with Crippen LogP contribution in [0.3, 0.4) is 0 Å². The summed E-state index contributed by atoms with van der Waals surface area (Å²) in [5.41, 5.74) is 1.12. The standard InChI is InChI=1S/C21H38O4Si/c1-16(13-22)20(23)17(2)19(25-26(6,7)21(3,4)5)15-24-14-18-11-9-8-10-12-18/h8-12,16-17,19-20,22-23H,13-15H2,1-7H3/t16-,17+,19-,20-/m1/s1. The number of aliphatic hydroxyl groups is 2. The molecule has 0 saturated heterocycles. The van der Waals surface area contributed by atoms with Crippen molar-refractivity contribution in [1.82, 2.24) is 0 Å². The van der Waals surface area contributed by atoms with Gasteiger partial charge in [0.25, 0.3) is 0 Å². The minimum absolute atomic E-state index is 0.0385. The van der Waals surface area contributed by atoms with Gasteiger partial charge in [0.2, 0.25) is 0 Å². The van der Waals surface area contributed by atoms with Crippen LogP contribution in [0.25, 0.3) is 0 Å². The van der Waals surface area contributed by atoms with Crippen molar-refractivity contribution < 1.29 is 19.4 Å². The molecule has 0 aliphatic heterocycles. The number of hydrogen-bond donors (Lipinski definition) is 2. The summed E-state index contributed by atoms with van der Waals surface area (Å²) in [6.45, 7) is 15.8. The van der Waals surface area contributed by atoms with Crippen LogP contribution in [0.2, 0.25) is 18.1 Å². The number of rotatable bonds is 10. The van der Waals surface area contributed by atoms with Crippen molar-refractivity contribution in [3.63, 3.8) is 0 Å². The Morgan fingerprint density at radius 2 is 1.65 bits per heavy atom. The highest BCUT2D eigenvalue weighted by atomic mass is 28.4. The highest BCUT2D eigenvalue weighted by Crippen LogP contribution is 2.38. The Balaban J connectivity index is 2.83. The summed E-state index contributed by atoms with van der Waals surface area (Å²) in [4.78, 5) is 0. The van der Waals surface area contributed by atoms with E-state index in [0.717, 1.165) is 5.56 Å². The van der Waals surface area contributed by atoms with E-state index in [1.165, 1.54) is 0 Å². The first kappa shape index (κ1) is 23.3. The van der Waals surface area contributed by atoms with Crippen molar-refractivity contribution in [2.45, 2.75) is 71.6 Å². The van der Waals surface area contributed by atoms with Crippen LogP contribution in [-0.4, -0.2) is 44.0 Å². The fourth-order valence-electron chi connectivity index (χ4n) is 2.56. The molecule has 0 saturated carbocycles. The number of hydrogen-bond acceptors (Lipinski definition) is 4. The molecule has 0 bridgehead atoms. The number of ether oxygens (including phenoxy) is 1. The third-order valence-corrected chi connectivity index (χ3v) is 10.1. The maximum atomic E-state index is 10.6. The molecule has 0 spiro atoms. The zero-order valence-electron chi connectivity index (χ0n) is 17.5. The Hall–Kier alpha value is -0.723. The van der Waals surface area contributed by atoms with E-state index in [-0.39, 0.29) is 29.6 Å². The van der Waals surface area contributed by atoms with Crippen molar-refractivity contribution in [3.05, 3.63) is 35.9 Å². The minimum Gasteiger partial charge on any atom is -0.411 e. The van der Waals surface area contributed by atoms with Gasteiger partial charge in [-0.1, -0.05) is 65.0 Å². The summed E-state index contributed by atoms with van der Waals surface area (Å²) in [7, 11) is -2.00. The lowest BCUT2D eigenvalue weighted by atomic mass is 9.90. The van der Waals surface area contributed by atoms with Gasteiger partial charge in [-0.2, -0.15) is 0 Å². The average molecular weight is 383 g/mol. The Bertz CT molecular complexity index is 512. The first-order valence-electron chi connectivity index (χ1n) is 9.58. The molecule has 0 aliphatic rings. The summed E-state index contributed by atoms with van der Waals surface area (Å²) in [5.74, 6) is -0.313. The SMILES string of the molecule is C[C@H]([C@H](O)[C@H](C)CO)[C@@H](COCc1ccccc1)O[Si](C)(C)C(C)(C)C. The van der Waals surface area contributed by atoms with E-state index < -0.39 is 14.4 Å². The molecular weight excluding hydrogens is 344 g/mol. The Morgan fingerprint density at radius 3 is 2.15 bits per heavy atom. The fourth-order valence-corrected chi connectivity index (χ4v) is 3.95. The monoisotopic (exact) mass is 382 g/mol. The van der Waals surface area contributed by atoms with Crippen molar-refractivity contribution in [3.8, 4) is 0 Å². The highest BCUT2D eigenvalue weighted by molar-refractivity contribution is 6.74. The van der Waals surface area contributed by atoms with Crippen LogP contribution in [0.5, 0.6) is 0 Å².